The first-order valence-electron chi connectivity index (χ1n) is 5.97. The zero-order chi connectivity index (χ0) is 14.6. The van der Waals surface area contributed by atoms with Gasteiger partial charge in [-0.1, -0.05) is 97.2 Å². The molecule has 0 aliphatic rings. The van der Waals surface area contributed by atoms with E-state index in [0.717, 1.165) is 25.7 Å². The van der Waals surface area contributed by atoms with Gasteiger partial charge < -0.3 is 0 Å². The highest BCUT2D eigenvalue weighted by molar-refractivity contribution is 6.70. The third kappa shape index (κ3) is 17.5. The van der Waals surface area contributed by atoms with Crippen molar-refractivity contribution in [1.29, 1.82) is 0 Å². The van der Waals surface area contributed by atoms with Crippen molar-refractivity contribution in [3.8, 4) is 0 Å². The van der Waals surface area contributed by atoms with E-state index in [1.165, 1.54) is 12.8 Å². The van der Waals surface area contributed by atoms with Gasteiger partial charge in [-0.2, -0.15) is 0 Å². The third-order valence-corrected chi connectivity index (χ3v) is 4.00. The first-order chi connectivity index (χ1) is 8.25. The molecule has 0 rings (SSSR count). The van der Waals surface area contributed by atoms with Crippen molar-refractivity contribution in [2.45, 2.75) is 61.5 Å². The van der Waals surface area contributed by atoms with Crippen LogP contribution in [0, 0.1) is 0 Å². The summed E-state index contributed by atoms with van der Waals surface area (Å²) < 4.78 is -0.921. The first-order valence-corrected chi connectivity index (χ1v) is 8.30. The largest absolute Gasteiger partial charge is 0.206 e. The quantitative estimate of drug-likeness (QED) is 0.330. The molecule has 110 valence electrons. The minimum atomic E-state index is -1.31. The van der Waals surface area contributed by atoms with Crippen molar-refractivity contribution in [2.75, 3.05) is 0 Å². The molecule has 0 saturated carbocycles. The zero-order valence-corrected chi connectivity index (χ0v) is 15.2. The molecule has 0 aromatic heterocycles. The maximum Gasteiger partial charge on any atom is 0.206 e. The number of allylic oxidation sites excluding steroid dienone is 1. The van der Waals surface area contributed by atoms with Crippen LogP contribution in [0.5, 0.6) is 0 Å². The van der Waals surface area contributed by atoms with Crippen molar-refractivity contribution in [3.63, 3.8) is 0 Å². The molecule has 0 fully saturated rings. The average molecular weight is 377 g/mol. The fraction of sp³-hybridized carbons (Fsp3) is 0.833. The van der Waals surface area contributed by atoms with Crippen LogP contribution in [0.1, 0.15) is 52.4 Å². The molecule has 0 amide bonds. The molecule has 18 heavy (non-hydrogen) atoms. The van der Waals surface area contributed by atoms with Crippen molar-refractivity contribution in [1.82, 2.24) is 0 Å². The smallest absolute Gasteiger partial charge is 0.118 e. The molecule has 0 aliphatic carbocycles. The average Bonchev–Trinajstić information content (AvgIpc) is 2.25. The second kappa shape index (κ2) is 13.5. The molecular weight excluding hydrogens is 357 g/mol. The van der Waals surface area contributed by atoms with Crippen LogP contribution in [-0.4, -0.2) is 9.17 Å². The predicted octanol–water partition coefficient (Wildman–Crippen LogP) is 7.65. The lowest BCUT2D eigenvalue weighted by Gasteiger charge is -2.16. The van der Waals surface area contributed by atoms with E-state index in [9.17, 15) is 0 Å². The van der Waals surface area contributed by atoms with Crippen LogP contribution < -0.4 is 0 Å². The molecule has 6 heteroatoms. The van der Waals surface area contributed by atoms with Crippen molar-refractivity contribution < 1.29 is 0 Å². The van der Waals surface area contributed by atoms with E-state index in [1.807, 2.05) is 6.08 Å². The Morgan fingerprint density at radius 3 is 1.89 bits per heavy atom. The van der Waals surface area contributed by atoms with Crippen molar-refractivity contribution >= 4 is 69.6 Å². The molecule has 0 nitrogen and oxygen atoms in total. The fourth-order valence-corrected chi connectivity index (χ4v) is 1.66. The maximum absolute atomic E-state index is 5.74. The molecular formula is C12H20Cl6. The molecule has 0 saturated heterocycles. The van der Waals surface area contributed by atoms with Gasteiger partial charge in [0.25, 0.3) is 0 Å². The number of hydrogen-bond acceptors (Lipinski definition) is 0. The second-order valence-corrected chi connectivity index (χ2v) is 7.69. The summed E-state index contributed by atoms with van der Waals surface area (Å²) in [6.07, 6.45) is 8.02. The SMILES string of the molecule is CCCCC(Cl)C(Cl)(Cl)Cl.CCCCC=C(Cl)Cl. The van der Waals surface area contributed by atoms with Crippen LogP contribution in [0.2, 0.25) is 0 Å². The van der Waals surface area contributed by atoms with Crippen LogP contribution in [0.25, 0.3) is 0 Å². The number of hydrogen-bond donors (Lipinski definition) is 0. The van der Waals surface area contributed by atoms with Gasteiger partial charge in [0.1, 0.15) is 4.49 Å². The normalized spacial score (nSPS) is 12.4. The van der Waals surface area contributed by atoms with Crippen LogP contribution in [0.3, 0.4) is 0 Å². The standard InChI is InChI=1S/C6H10Cl4.C6H10Cl2/c1-2-3-4-5(7)6(8,9)10;1-2-3-4-5-6(7)8/h5H,2-4H2,1H3;5H,2-4H2,1H3. The topological polar surface area (TPSA) is 0 Å². The minimum Gasteiger partial charge on any atom is -0.118 e. The van der Waals surface area contributed by atoms with E-state index in [0.29, 0.717) is 4.49 Å². The second-order valence-electron chi connectivity index (χ2n) is 3.79. The Morgan fingerprint density at radius 2 is 1.56 bits per heavy atom. The molecule has 1 unspecified atom stereocenters. The highest BCUT2D eigenvalue weighted by Crippen LogP contribution is 2.36. The lowest BCUT2D eigenvalue weighted by atomic mass is 10.2. The van der Waals surface area contributed by atoms with Crippen molar-refractivity contribution in [3.05, 3.63) is 10.6 Å². The summed E-state index contributed by atoms with van der Waals surface area (Å²) in [7, 11) is 0. The van der Waals surface area contributed by atoms with Gasteiger partial charge in [-0.25, -0.2) is 0 Å². The van der Waals surface area contributed by atoms with Crippen LogP contribution in [-0.2, 0) is 0 Å². The fourth-order valence-electron chi connectivity index (χ4n) is 0.962. The molecule has 0 N–H and O–H groups in total. The number of unbranched alkanes of at least 4 members (excludes halogenated alkanes) is 3. The van der Waals surface area contributed by atoms with Gasteiger partial charge >= 0.3 is 0 Å². The molecule has 0 heterocycles. The van der Waals surface area contributed by atoms with Crippen LogP contribution in [0.15, 0.2) is 10.6 Å². The molecule has 0 radical (unpaired) electrons. The molecule has 0 bridgehead atoms. The van der Waals surface area contributed by atoms with E-state index >= 15 is 0 Å². The summed E-state index contributed by atoms with van der Waals surface area (Å²) in [5.74, 6) is 0. The third-order valence-electron chi connectivity index (χ3n) is 2.02. The van der Waals surface area contributed by atoms with E-state index in [-0.39, 0.29) is 5.38 Å². The molecule has 0 aliphatic heterocycles. The van der Waals surface area contributed by atoms with Gasteiger partial charge in [-0.3, -0.25) is 0 Å². The van der Waals surface area contributed by atoms with Gasteiger partial charge in [0.2, 0.25) is 3.79 Å². The summed E-state index contributed by atoms with van der Waals surface area (Å²) in [5.41, 5.74) is 0. The number of rotatable bonds is 6. The molecule has 0 aromatic carbocycles. The van der Waals surface area contributed by atoms with E-state index < -0.39 is 3.79 Å². The summed E-state index contributed by atoms with van der Waals surface area (Å²) in [6, 6.07) is 0. The summed E-state index contributed by atoms with van der Waals surface area (Å²) in [4.78, 5) is 0. The first kappa shape index (κ1) is 21.8. The van der Waals surface area contributed by atoms with Crippen LogP contribution in [0.4, 0.5) is 0 Å². The summed E-state index contributed by atoms with van der Waals surface area (Å²) in [6.45, 7) is 4.21. The Hall–Kier alpha value is 1.48. The van der Waals surface area contributed by atoms with Crippen molar-refractivity contribution in [2.24, 2.45) is 0 Å². The molecule has 1 atom stereocenters. The van der Waals surface area contributed by atoms with Gasteiger partial charge in [0, 0.05) is 0 Å². The lowest BCUT2D eigenvalue weighted by Crippen LogP contribution is -2.18. The molecule has 0 aromatic rings. The Bertz CT molecular complexity index is 205. The predicted molar refractivity (Wildman–Crippen MR) is 88.8 cm³/mol. The van der Waals surface area contributed by atoms with E-state index in [1.54, 1.807) is 0 Å². The van der Waals surface area contributed by atoms with Crippen LogP contribution >= 0.6 is 69.6 Å². The van der Waals surface area contributed by atoms with Gasteiger partial charge in [0.05, 0.1) is 5.38 Å². The van der Waals surface area contributed by atoms with Gasteiger partial charge in [-0.15, -0.1) is 11.6 Å². The Morgan fingerprint density at radius 1 is 1.06 bits per heavy atom. The zero-order valence-electron chi connectivity index (χ0n) is 10.7. The highest BCUT2D eigenvalue weighted by Gasteiger charge is 2.29. The Kier molecular flexibility index (Phi) is 16.3. The molecule has 0 spiro atoms. The number of halogens is 6. The van der Waals surface area contributed by atoms with Gasteiger partial charge in [0.15, 0.2) is 0 Å². The lowest BCUT2D eigenvalue weighted by molar-refractivity contribution is 0.684. The van der Waals surface area contributed by atoms with E-state index in [2.05, 4.69) is 13.8 Å². The Labute approximate surface area is 141 Å². The minimum absolute atomic E-state index is 0.363. The summed E-state index contributed by atoms with van der Waals surface area (Å²) in [5, 5.41) is -0.363. The van der Waals surface area contributed by atoms with Gasteiger partial charge in [-0.05, 0) is 19.3 Å². The number of alkyl halides is 4. The summed E-state index contributed by atoms with van der Waals surface area (Å²) >= 11 is 33.0. The monoisotopic (exact) mass is 374 g/mol. The van der Waals surface area contributed by atoms with E-state index in [4.69, 9.17) is 69.6 Å². The highest BCUT2D eigenvalue weighted by atomic mass is 35.6. The Balaban J connectivity index is 0. The maximum atomic E-state index is 5.74.